The SMILES string of the molecule is O=C(NCC1(Sc2ccccc2)CCOCC1)C1(c2ccc(Cl)cc2)CCCC1. The van der Waals surface area contributed by atoms with E-state index in [2.05, 4.69) is 29.6 Å². The van der Waals surface area contributed by atoms with Crippen molar-refractivity contribution in [3.63, 3.8) is 0 Å². The molecule has 2 aliphatic rings. The van der Waals surface area contributed by atoms with E-state index < -0.39 is 5.41 Å². The number of hydrogen-bond acceptors (Lipinski definition) is 3. The molecule has 1 aliphatic carbocycles. The smallest absolute Gasteiger partial charge is 0.230 e. The van der Waals surface area contributed by atoms with Crippen molar-refractivity contribution in [1.29, 1.82) is 0 Å². The molecule has 154 valence electrons. The molecule has 0 radical (unpaired) electrons. The van der Waals surface area contributed by atoms with Crippen molar-refractivity contribution in [2.75, 3.05) is 19.8 Å². The van der Waals surface area contributed by atoms with E-state index in [1.54, 1.807) is 0 Å². The second kappa shape index (κ2) is 9.11. The molecule has 2 aromatic rings. The summed E-state index contributed by atoms with van der Waals surface area (Å²) >= 11 is 7.97. The normalized spacial score (nSPS) is 20.3. The highest BCUT2D eigenvalue weighted by atomic mass is 35.5. The quantitative estimate of drug-likeness (QED) is 0.648. The third-order valence-corrected chi connectivity index (χ3v) is 8.09. The van der Waals surface area contributed by atoms with Gasteiger partial charge in [0, 0.05) is 34.4 Å². The maximum Gasteiger partial charge on any atom is 0.230 e. The maximum absolute atomic E-state index is 13.5. The van der Waals surface area contributed by atoms with Gasteiger partial charge in [0.2, 0.25) is 5.91 Å². The van der Waals surface area contributed by atoms with E-state index in [1.807, 2.05) is 42.1 Å². The number of hydrogen-bond donors (Lipinski definition) is 1. The summed E-state index contributed by atoms with van der Waals surface area (Å²) in [5.74, 6) is 0.164. The zero-order chi connectivity index (χ0) is 20.2. The Morgan fingerprint density at radius 2 is 1.62 bits per heavy atom. The third-order valence-electron chi connectivity index (χ3n) is 6.34. The highest BCUT2D eigenvalue weighted by Gasteiger charge is 2.44. The van der Waals surface area contributed by atoms with E-state index in [9.17, 15) is 4.79 Å². The van der Waals surface area contributed by atoms with Gasteiger partial charge in [0.1, 0.15) is 0 Å². The van der Waals surface area contributed by atoms with Gasteiger partial charge in [0.05, 0.1) is 5.41 Å². The minimum atomic E-state index is -0.422. The lowest BCUT2D eigenvalue weighted by Crippen LogP contribution is -2.49. The average Bonchev–Trinajstić information content (AvgIpc) is 3.25. The summed E-state index contributed by atoms with van der Waals surface area (Å²) < 4.78 is 5.61. The van der Waals surface area contributed by atoms with Gasteiger partial charge in [-0.25, -0.2) is 0 Å². The fourth-order valence-corrected chi connectivity index (χ4v) is 6.04. The Balaban J connectivity index is 1.51. The van der Waals surface area contributed by atoms with Crippen LogP contribution in [-0.4, -0.2) is 30.4 Å². The molecule has 2 aromatic carbocycles. The van der Waals surface area contributed by atoms with E-state index in [4.69, 9.17) is 16.3 Å². The number of carbonyl (C=O) groups excluding carboxylic acids is 1. The molecular formula is C24H28ClNO2S. The zero-order valence-electron chi connectivity index (χ0n) is 16.7. The lowest BCUT2D eigenvalue weighted by atomic mass is 9.78. The first kappa shape index (κ1) is 20.8. The molecule has 1 saturated carbocycles. The average molecular weight is 430 g/mol. The van der Waals surface area contributed by atoms with Crippen LogP contribution in [0.25, 0.3) is 0 Å². The summed E-state index contributed by atoms with van der Waals surface area (Å²) in [5, 5.41) is 4.07. The molecule has 1 amide bonds. The molecule has 3 nitrogen and oxygen atoms in total. The molecule has 4 rings (SSSR count). The number of rotatable bonds is 6. The summed E-state index contributed by atoms with van der Waals surface area (Å²) in [6.45, 7) is 2.17. The van der Waals surface area contributed by atoms with E-state index in [-0.39, 0.29) is 10.7 Å². The highest BCUT2D eigenvalue weighted by molar-refractivity contribution is 8.00. The van der Waals surface area contributed by atoms with Crippen molar-refractivity contribution < 1.29 is 9.53 Å². The monoisotopic (exact) mass is 429 g/mol. The van der Waals surface area contributed by atoms with Crippen molar-refractivity contribution in [1.82, 2.24) is 5.32 Å². The van der Waals surface area contributed by atoms with E-state index in [0.717, 1.165) is 57.3 Å². The van der Waals surface area contributed by atoms with Gasteiger partial charge in [-0.05, 0) is 55.5 Å². The molecule has 1 aliphatic heterocycles. The number of amides is 1. The number of benzene rings is 2. The lowest BCUT2D eigenvalue weighted by molar-refractivity contribution is -0.126. The van der Waals surface area contributed by atoms with Crippen molar-refractivity contribution in [3.05, 3.63) is 65.2 Å². The fourth-order valence-electron chi connectivity index (χ4n) is 4.60. The van der Waals surface area contributed by atoms with Crippen LogP contribution in [-0.2, 0) is 14.9 Å². The Labute approximate surface area is 182 Å². The topological polar surface area (TPSA) is 38.3 Å². The molecule has 5 heteroatoms. The first-order valence-corrected chi connectivity index (χ1v) is 11.7. The predicted molar refractivity (Wildman–Crippen MR) is 120 cm³/mol. The molecule has 0 unspecified atom stereocenters. The van der Waals surface area contributed by atoms with Crippen LogP contribution in [0.3, 0.4) is 0 Å². The van der Waals surface area contributed by atoms with Crippen LogP contribution in [0.4, 0.5) is 0 Å². The second-order valence-electron chi connectivity index (χ2n) is 8.19. The van der Waals surface area contributed by atoms with Crippen LogP contribution in [0.1, 0.15) is 44.1 Å². The largest absolute Gasteiger partial charge is 0.381 e. The molecular weight excluding hydrogens is 402 g/mol. The summed E-state index contributed by atoms with van der Waals surface area (Å²) in [6, 6.07) is 18.3. The Morgan fingerprint density at radius 3 is 2.28 bits per heavy atom. The van der Waals surface area contributed by atoms with Gasteiger partial charge < -0.3 is 10.1 Å². The minimum Gasteiger partial charge on any atom is -0.381 e. The molecule has 1 N–H and O–H groups in total. The van der Waals surface area contributed by atoms with Crippen LogP contribution >= 0.6 is 23.4 Å². The number of nitrogens with one attached hydrogen (secondary N) is 1. The summed E-state index contributed by atoms with van der Waals surface area (Å²) in [4.78, 5) is 14.8. The molecule has 2 fully saturated rings. The van der Waals surface area contributed by atoms with Crippen molar-refractivity contribution in [2.45, 2.75) is 53.6 Å². The third kappa shape index (κ3) is 4.65. The first-order chi connectivity index (χ1) is 14.1. The van der Waals surface area contributed by atoms with Gasteiger partial charge in [0.15, 0.2) is 0 Å². The van der Waals surface area contributed by atoms with Crippen LogP contribution in [0.2, 0.25) is 5.02 Å². The van der Waals surface area contributed by atoms with Crippen LogP contribution in [0.5, 0.6) is 0 Å². The molecule has 0 aromatic heterocycles. The van der Waals surface area contributed by atoms with Crippen LogP contribution < -0.4 is 5.32 Å². The molecule has 0 atom stereocenters. The predicted octanol–water partition coefficient (Wildman–Crippen LogP) is 5.61. The Morgan fingerprint density at radius 1 is 0.966 bits per heavy atom. The van der Waals surface area contributed by atoms with Crippen LogP contribution in [0, 0.1) is 0 Å². The van der Waals surface area contributed by atoms with E-state index >= 15 is 0 Å². The van der Waals surface area contributed by atoms with Crippen LogP contribution in [0.15, 0.2) is 59.5 Å². The lowest BCUT2D eigenvalue weighted by Gasteiger charge is -2.38. The molecule has 0 bridgehead atoms. The van der Waals surface area contributed by atoms with Gasteiger partial charge >= 0.3 is 0 Å². The minimum absolute atomic E-state index is 0.0188. The maximum atomic E-state index is 13.5. The van der Waals surface area contributed by atoms with E-state index in [1.165, 1.54) is 4.90 Å². The van der Waals surface area contributed by atoms with Crippen molar-refractivity contribution in [3.8, 4) is 0 Å². The van der Waals surface area contributed by atoms with Gasteiger partial charge in [-0.15, -0.1) is 11.8 Å². The van der Waals surface area contributed by atoms with E-state index in [0.29, 0.717) is 11.6 Å². The fraction of sp³-hybridized carbons (Fsp3) is 0.458. The Hall–Kier alpha value is -1.49. The molecule has 29 heavy (non-hydrogen) atoms. The van der Waals surface area contributed by atoms with Gasteiger partial charge in [0.25, 0.3) is 0 Å². The number of carbonyl (C=O) groups is 1. The van der Waals surface area contributed by atoms with Gasteiger partial charge in [-0.1, -0.05) is 54.8 Å². The van der Waals surface area contributed by atoms with Crippen molar-refractivity contribution in [2.24, 2.45) is 0 Å². The standard InChI is InChI=1S/C24H28ClNO2S/c25-20-10-8-19(9-11-20)24(12-4-5-13-24)22(27)26-18-23(14-16-28-17-15-23)29-21-6-2-1-3-7-21/h1-3,6-11H,4-5,12-18H2,(H,26,27). The summed E-state index contributed by atoms with van der Waals surface area (Å²) in [7, 11) is 0. The summed E-state index contributed by atoms with van der Waals surface area (Å²) in [6.07, 6.45) is 5.88. The van der Waals surface area contributed by atoms with Gasteiger partial charge in [-0.3, -0.25) is 4.79 Å². The number of halogens is 1. The Kier molecular flexibility index (Phi) is 6.53. The van der Waals surface area contributed by atoms with Crippen molar-refractivity contribution >= 4 is 29.3 Å². The first-order valence-electron chi connectivity index (χ1n) is 10.5. The van der Waals surface area contributed by atoms with Gasteiger partial charge in [-0.2, -0.15) is 0 Å². The number of thioether (sulfide) groups is 1. The number of ether oxygens (including phenoxy) is 1. The molecule has 1 saturated heterocycles. The Bertz CT molecular complexity index is 813. The highest BCUT2D eigenvalue weighted by Crippen LogP contribution is 2.43. The summed E-state index contributed by atoms with van der Waals surface area (Å²) in [5.41, 5.74) is 0.669. The molecule has 0 spiro atoms. The zero-order valence-corrected chi connectivity index (χ0v) is 18.2. The molecule has 1 heterocycles. The second-order valence-corrected chi connectivity index (χ2v) is 10.2.